The molecule has 2 aromatic rings. The first kappa shape index (κ1) is 17.6. The van der Waals surface area contributed by atoms with Gasteiger partial charge in [0.05, 0.1) is 0 Å². The van der Waals surface area contributed by atoms with Gasteiger partial charge in [0.2, 0.25) is 17.6 Å². The molecule has 1 aromatic carbocycles. The first-order valence-electron chi connectivity index (χ1n) is 8.87. The van der Waals surface area contributed by atoms with E-state index in [9.17, 15) is 9.18 Å². The molecule has 0 N–H and O–H groups in total. The summed E-state index contributed by atoms with van der Waals surface area (Å²) < 4.78 is 18.2. The molecule has 134 valence electrons. The van der Waals surface area contributed by atoms with Crippen LogP contribution in [0, 0.1) is 11.7 Å². The Morgan fingerprint density at radius 3 is 2.60 bits per heavy atom. The molecule has 0 atom stereocenters. The molecule has 1 fully saturated rings. The van der Waals surface area contributed by atoms with Crippen LogP contribution in [-0.2, 0) is 11.2 Å². The molecule has 0 bridgehead atoms. The molecule has 1 aliphatic carbocycles. The second kappa shape index (κ2) is 7.76. The molecule has 5 nitrogen and oxygen atoms in total. The summed E-state index contributed by atoms with van der Waals surface area (Å²) in [4.78, 5) is 18.6. The Bertz CT molecular complexity index is 706. The highest BCUT2D eigenvalue weighted by atomic mass is 19.1. The first-order chi connectivity index (χ1) is 12.0. The minimum Gasteiger partial charge on any atom is -0.343 e. The summed E-state index contributed by atoms with van der Waals surface area (Å²) in [5.41, 5.74) is 0.691. The molecule has 1 aromatic heterocycles. The van der Waals surface area contributed by atoms with Crippen LogP contribution < -0.4 is 0 Å². The lowest BCUT2D eigenvalue weighted by atomic mass is 9.86. The van der Waals surface area contributed by atoms with Crippen LogP contribution in [0.5, 0.6) is 0 Å². The van der Waals surface area contributed by atoms with Gasteiger partial charge >= 0.3 is 0 Å². The summed E-state index contributed by atoms with van der Waals surface area (Å²) in [6.07, 6.45) is 5.31. The highest BCUT2D eigenvalue weighted by Gasteiger charge is 2.24. The second-order valence-corrected chi connectivity index (χ2v) is 6.94. The molecule has 0 unspecified atom stereocenters. The van der Waals surface area contributed by atoms with Crippen molar-refractivity contribution in [2.45, 2.75) is 51.5 Å². The van der Waals surface area contributed by atoms with Gasteiger partial charge in [-0.05, 0) is 55.9 Å². The van der Waals surface area contributed by atoms with E-state index in [2.05, 4.69) is 17.1 Å². The third-order valence-corrected chi connectivity index (χ3v) is 5.05. The Kier molecular flexibility index (Phi) is 5.46. The number of halogens is 1. The lowest BCUT2D eigenvalue weighted by molar-refractivity contribution is -0.132. The van der Waals surface area contributed by atoms with Crippen molar-refractivity contribution in [1.82, 2.24) is 15.0 Å². The average Bonchev–Trinajstić information content (AvgIpc) is 3.09. The molecule has 0 aliphatic heterocycles. The van der Waals surface area contributed by atoms with Crippen LogP contribution in [0.25, 0.3) is 11.4 Å². The van der Waals surface area contributed by atoms with E-state index in [1.54, 1.807) is 12.1 Å². The summed E-state index contributed by atoms with van der Waals surface area (Å²) in [5.74, 6) is 1.41. The quantitative estimate of drug-likeness (QED) is 0.826. The lowest BCUT2D eigenvalue weighted by Crippen LogP contribution is -2.39. The largest absolute Gasteiger partial charge is 0.343 e. The number of rotatable bonds is 5. The van der Waals surface area contributed by atoms with E-state index >= 15 is 0 Å². The zero-order chi connectivity index (χ0) is 17.8. The molecule has 0 spiro atoms. The maximum atomic E-state index is 13.0. The highest BCUT2D eigenvalue weighted by Crippen LogP contribution is 2.27. The fourth-order valence-electron chi connectivity index (χ4n) is 3.30. The fourth-order valence-corrected chi connectivity index (χ4v) is 3.30. The molecule has 0 radical (unpaired) electrons. The van der Waals surface area contributed by atoms with Gasteiger partial charge in [0.15, 0.2) is 0 Å². The van der Waals surface area contributed by atoms with Crippen molar-refractivity contribution in [2.24, 2.45) is 5.92 Å². The highest BCUT2D eigenvalue weighted by molar-refractivity contribution is 5.76. The molecule has 1 saturated carbocycles. The molecule has 1 amide bonds. The number of carbonyl (C=O) groups excluding carboxylic acids is 1. The van der Waals surface area contributed by atoms with Gasteiger partial charge in [-0.2, -0.15) is 4.98 Å². The topological polar surface area (TPSA) is 59.2 Å². The number of benzene rings is 1. The molecule has 6 heteroatoms. The van der Waals surface area contributed by atoms with Crippen molar-refractivity contribution >= 4 is 5.91 Å². The summed E-state index contributed by atoms with van der Waals surface area (Å²) in [6.45, 7) is 2.27. The zero-order valence-electron chi connectivity index (χ0n) is 14.7. The number of hydrogen-bond donors (Lipinski definition) is 0. The molecular formula is C19H24FN3O2. The zero-order valence-corrected chi connectivity index (χ0v) is 14.7. The Morgan fingerprint density at radius 1 is 1.24 bits per heavy atom. The normalized spacial score (nSPS) is 20.4. The smallest absolute Gasteiger partial charge is 0.227 e. The Labute approximate surface area is 147 Å². The number of amides is 1. The number of hydrogen-bond acceptors (Lipinski definition) is 4. The van der Waals surface area contributed by atoms with Gasteiger partial charge in [0.1, 0.15) is 5.82 Å². The Hall–Kier alpha value is -2.24. The van der Waals surface area contributed by atoms with E-state index in [0.29, 0.717) is 36.2 Å². The number of aromatic nitrogens is 2. The van der Waals surface area contributed by atoms with Crippen molar-refractivity contribution in [3.05, 3.63) is 36.0 Å². The van der Waals surface area contributed by atoms with Crippen LogP contribution in [0.1, 0.15) is 44.9 Å². The summed E-state index contributed by atoms with van der Waals surface area (Å²) in [6, 6.07) is 6.27. The lowest BCUT2D eigenvalue weighted by Gasteiger charge is -2.33. The van der Waals surface area contributed by atoms with Crippen molar-refractivity contribution in [1.29, 1.82) is 0 Å². The van der Waals surface area contributed by atoms with Gasteiger partial charge in [0, 0.05) is 31.5 Å². The molecular weight excluding hydrogens is 321 g/mol. The van der Waals surface area contributed by atoms with Gasteiger partial charge in [-0.25, -0.2) is 4.39 Å². The first-order valence-corrected chi connectivity index (χ1v) is 8.87. The van der Waals surface area contributed by atoms with Crippen LogP contribution in [0.4, 0.5) is 4.39 Å². The molecule has 3 rings (SSSR count). The van der Waals surface area contributed by atoms with E-state index in [1.807, 2.05) is 11.9 Å². The average molecular weight is 345 g/mol. The number of carbonyl (C=O) groups is 1. The fraction of sp³-hybridized carbons (Fsp3) is 0.526. The number of nitrogens with zero attached hydrogens (tertiary/aromatic N) is 3. The van der Waals surface area contributed by atoms with Gasteiger partial charge in [-0.15, -0.1) is 0 Å². The van der Waals surface area contributed by atoms with Crippen molar-refractivity contribution < 1.29 is 13.7 Å². The molecule has 0 saturated heterocycles. The Morgan fingerprint density at radius 2 is 1.92 bits per heavy atom. The molecule has 1 heterocycles. The maximum absolute atomic E-state index is 13.0. The van der Waals surface area contributed by atoms with Gasteiger partial charge < -0.3 is 9.42 Å². The van der Waals surface area contributed by atoms with Crippen LogP contribution in [-0.4, -0.2) is 34.0 Å². The van der Waals surface area contributed by atoms with E-state index < -0.39 is 0 Å². The third-order valence-electron chi connectivity index (χ3n) is 5.05. The minimum absolute atomic E-state index is 0.112. The van der Waals surface area contributed by atoms with E-state index in [-0.39, 0.29) is 11.7 Å². The third kappa shape index (κ3) is 4.44. The van der Waals surface area contributed by atoms with Crippen LogP contribution >= 0.6 is 0 Å². The summed E-state index contributed by atoms with van der Waals surface area (Å²) >= 11 is 0. The van der Waals surface area contributed by atoms with Crippen molar-refractivity contribution in [3.63, 3.8) is 0 Å². The van der Waals surface area contributed by atoms with E-state index in [0.717, 1.165) is 18.8 Å². The van der Waals surface area contributed by atoms with Crippen LogP contribution in [0.15, 0.2) is 28.8 Å². The number of aryl methyl sites for hydroxylation is 1. The molecule has 1 aliphatic rings. The minimum atomic E-state index is -0.307. The summed E-state index contributed by atoms with van der Waals surface area (Å²) in [5, 5.41) is 3.90. The summed E-state index contributed by atoms with van der Waals surface area (Å²) in [7, 11) is 1.89. The SMILES string of the molecule is CC1CCC(N(C)C(=O)CCc2nc(-c3ccc(F)cc3)no2)CC1. The van der Waals surface area contributed by atoms with E-state index in [4.69, 9.17) is 4.52 Å². The predicted octanol–water partition coefficient (Wildman–Crippen LogP) is 3.85. The van der Waals surface area contributed by atoms with Gasteiger partial charge in [0.25, 0.3) is 0 Å². The van der Waals surface area contributed by atoms with Crippen molar-refractivity contribution in [3.8, 4) is 11.4 Å². The van der Waals surface area contributed by atoms with Crippen LogP contribution in [0.3, 0.4) is 0 Å². The van der Waals surface area contributed by atoms with E-state index in [1.165, 1.54) is 25.0 Å². The standard InChI is InChI=1S/C19H24FN3O2/c1-13-3-9-16(10-4-13)23(2)18(24)12-11-17-21-19(22-25-17)14-5-7-15(20)8-6-14/h5-8,13,16H,3-4,9-12H2,1-2H3. The maximum Gasteiger partial charge on any atom is 0.227 e. The predicted molar refractivity (Wildman–Crippen MR) is 92.2 cm³/mol. The monoisotopic (exact) mass is 345 g/mol. The van der Waals surface area contributed by atoms with Gasteiger partial charge in [-0.1, -0.05) is 12.1 Å². The van der Waals surface area contributed by atoms with Crippen LogP contribution in [0.2, 0.25) is 0 Å². The van der Waals surface area contributed by atoms with Crippen molar-refractivity contribution in [2.75, 3.05) is 7.05 Å². The van der Waals surface area contributed by atoms with Gasteiger partial charge in [-0.3, -0.25) is 4.79 Å². The Balaban J connectivity index is 1.53. The second-order valence-electron chi connectivity index (χ2n) is 6.94. The molecule has 25 heavy (non-hydrogen) atoms.